The zero-order valence-electron chi connectivity index (χ0n) is 17.8. The maximum Gasteiger partial charge on any atom is 0.281 e. The predicted octanol–water partition coefficient (Wildman–Crippen LogP) is 0.980. The summed E-state index contributed by atoms with van der Waals surface area (Å²) in [5.41, 5.74) is 12.1. The van der Waals surface area contributed by atoms with Crippen LogP contribution in [0.15, 0.2) is 23.0 Å². The van der Waals surface area contributed by atoms with Gasteiger partial charge in [-0.05, 0) is 30.9 Å². The number of nitrogens with one attached hydrogen (secondary N) is 2. The number of fused-ring (bicyclic) bond motifs is 1. The molecule has 1 saturated heterocycles. The van der Waals surface area contributed by atoms with Gasteiger partial charge in [-0.25, -0.2) is 9.66 Å². The SMILES string of the molecule is N#Cc1c(N)nc(N)nc1NC(c1nc2cccc(Cl)c2c(=O)n1N1CCNCC1)C1CC1. The van der Waals surface area contributed by atoms with Gasteiger partial charge in [0.15, 0.2) is 11.6 Å². The van der Waals surface area contributed by atoms with E-state index < -0.39 is 6.04 Å². The average molecular weight is 467 g/mol. The van der Waals surface area contributed by atoms with Crippen LogP contribution in [0.4, 0.5) is 17.6 Å². The molecule has 11 nitrogen and oxygen atoms in total. The third-order valence-electron chi connectivity index (χ3n) is 5.96. The number of hydrogen-bond acceptors (Lipinski definition) is 10. The van der Waals surface area contributed by atoms with E-state index in [0.717, 1.165) is 25.9 Å². The number of aromatic nitrogens is 4. The first-order valence-electron chi connectivity index (χ1n) is 10.7. The zero-order valence-corrected chi connectivity index (χ0v) is 18.5. The van der Waals surface area contributed by atoms with Crippen LogP contribution in [0.3, 0.4) is 0 Å². The first kappa shape index (κ1) is 21.2. The fourth-order valence-electron chi connectivity index (χ4n) is 4.21. The zero-order chi connectivity index (χ0) is 23.1. The molecule has 1 unspecified atom stereocenters. The molecule has 5 rings (SSSR count). The van der Waals surface area contributed by atoms with Crippen LogP contribution in [0.1, 0.15) is 30.3 Å². The Morgan fingerprint density at radius 2 is 1.97 bits per heavy atom. The molecule has 2 aliphatic rings. The van der Waals surface area contributed by atoms with E-state index in [0.29, 0.717) is 34.8 Å². The summed E-state index contributed by atoms with van der Waals surface area (Å²) in [7, 11) is 0. The van der Waals surface area contributed by atoms with E-state index in [-0.39, 0.29) is 34.6 Å². The van der Waals surface area contributed by atoms with Crippen LogP contribution in [0, 0.1) is 17.2 Å². The van der Waals surface area contributed by atoms with Gasteiger partial charge in [-0.2, -0.15) is 15.2 Å². The lowest BCUT2D eigenvalue weighted by Gasteiger charge is -2.34. The van der Waals surface area contributed by atoms with E-state index in [1.807, 2.05) is 11.1 Å². The molecule has 1 atom stereocenters. The Morgan fingerprint density at radius 3 is 2.67 bits per heavy atom. The van der Waals surface area contributed by atoms with Crippen molar-refractivity contribution in [3.63, 3.8) is 0 Å². The Bertz CT molecular complexity index is 1320. The summed E-state index contributed by atoms with van der Waals surface area (Å²) in [5.74, 6) is 0.929. The maximum absolute atomic E-state index is 13.7. The van der Waals surface area contributed by atoms with Crippen LogP contribution in [0.2, 0.25) is 5.02 Å². The minimum atomic E-state index is -0.392. The van der Waals surface area contributed by atoms with Crippen molar-refractivity contribution in [2.75, 3.05) is 48.0 Å². The van der Waals surface area contributed by atoms with Gasteiger partial charge in [0.25, 0.3) is 5.56 Å². The largest absolute Gasteiger partial charge is 0.382 e. The molecule has 2 fully saturated rings. The Kier molecular flexibility index (Phi) is 5.39. The molecule has 1 aliphatic heterocycles. The first-order valence-corrected chi connectivity index (χ1v) is 11.1. The van der Waals surface area contributed by atoms with Crippen molar-refractivity contribution in [2.45, 2.75) is 18.9 Å². The molecule has 2 aromatic heterocycles. The van der Waals surface area contributed by atoms with Crippen molar-refractivity contribution >= 4 is 40.1 Å². The smallest absolute Gasteiger partial charge is 0.281 e. The molecular formula is C21H23ClN10O. The normalized spacial score (nSPS) is 17.0. The number of nitrogen functional groups attached to an aromatic ring is 2. The highest BCUT2D eigenvalue weighted by atomic mass is 35.5. The number of rotatable bonds is 5. The minimum Gasteiger partial charge on any atom is -0.382 e. The van der Waals surface area contributed by atoms with Gasteiger partial charge in [0.05, 0.1) is 22.0 Å². The second-order valence-corrected chi connectivity index (χ2v) is 8.59. The lowest BCUT2D eigenvalue weighted by molar-refractivity contribution is 0.450. The summed E-state index contributed by atoms with van der Waals surface area (Å²) in [4.78, 5) is 26.7. The van der Waals surface area contributed by atoms with Crippen molar-refractivity contribution < 1.29 is 0 Å². The standard InChI is InChI=1S/C21H23ClN10O/c22-13-2-1-3-14-15(13)20(33)32(31-8-6-26-7-9-31)19(27-14)16(11-4-5-11)28-18-12(10-23)17(24)29-21(25)30-18/h1-3,11,16,26H,4-9H2,(H5,24,25,28,29,30). The lowest BCUT2D eigenvalue weighted by Crippen LogP contribution is -2.54. The molecule has 3 aromatic rings. The van der Waals surface area contributed by atoms with Gasteiger partial charge in [0.2, 0.25) is 5.95 Å². The van der Waals surface area contributed by atoms with Crippen molar-refractivity contribution in [3.8, 4) is 6.07 Å². The lowest BCUT2D eigenvalue weighted by atomic mass is 10.1. The van der Waals surface area contributed by atoms with E-state index >= 15 is 0 Å². The molecule has 0 spiro atoms. The van der Waals surface area contributed by atoms with Gasteiger partial charge in [0.1, 0.15) is 17.5 Å². The number of anilines is 3. The highest BCUT2D eigenvalue weighted by molar-refractivity contribution is 6.35. The summed E-state index contributed by atoms with van der Waals surface area (Å²) in [6.07, 6.45) is 1.89. The fourth-order valence-corrected chi connectivity index (χ4v) is 4.46. The third-order valence-corrected chi connectivity index (χ3v) is 6.27. The Morgan fingerprint density at radius 1 is 1.21 bits per heavy atom. The molecule has 0 radical (unpaired) electrons. The predicted molar refractivity (Wildman–Crippen MR) is 126 cm³/mol. The summed E-state index contributed by atoms with van der Waals surface area (Å²) >= 11 is 6.40. The van der Waals surface area contributed by atoms with E-state index in [1.54, 1.807) is 22.9 Å². The highest BCUT2D eigenvalue weighted by Gasteiger charge is 2.38. The van der Waals surface area contributed by atoms with Crippen LogP contribution >= 0.6 is 11.6 Å². The number of hydrogen-bond donors (Lipinski definition) is 4. The van der Waals surface area contributed by atoms with Gasteiger partial charge >= 0.3 is 0 Å². The maximum atomic E-state index is 13.7. The van der Waals surface area contributed by atoms with Crippen molar-refractivity contribution in [1.29, 1.82) is 5.26 Å². The second kappa shape index (κ2) is 8.38. The van der Waals surface area contributed by atoms with E-state index in [1.165, 1.54) is 0 Å². The van der Waals surface area contributed by atoms with E-state index in [2.05, 4.69) is 20.6 Å². The Hall–Kier alpha value is -3.62. The average Bonchev–Trinajstić information content (AvgIpc) is 3.63. The number of benzene rings is 1. The minimum absolute atomic E-state index is 0.000190. The topological polar surface area (TPSA) is 164 Å². The number of halogens is 1. The number of nitrogens with zero attached hydrogens (tertiary/aromatic N) is 6. The van der Waals surface area contributed by atoms with Gasteiger partial charge < -0.3 is 27.1 Å². The van der Waals surface area contributed by atoms with Crippen LogP contribution in [0.25, 0.3) is 10.9 Å². The quantitative estimate of drug-likeness (QED) is 0.426. The molecule has 12 heteroatoms. The monoisotopic (exact) mass is 466 g/mol. The van der Waals surface area contributed by atoms with Gasteiger partial charge in [0, 0.05) is 26.2 Å². The van der Waals surface area contributed by atoms with Crippen LogP contribution in [0.5, 0.6) is 0 Å². The van der Waals surface area contributed by atoms with Crippen LogP contribution < -0.4 is 32.7 Å². The van der Waals surface area contributed by atoms with Crippen molar-refractivity contribution in [1.82, 2.24) is 24.9 Å². The van der Waals surface area contributed by atoms with E-state index in [9.17, 15) is 10.1 Å². The molecule has 170 valence electrons. The van der Waals surface area contributed by atoms with Gasteiger partial charge in [-0.3, -0.25) is 4.79 Å². The number of piperazine rings is 1. The molecule has 1 saturated carbocycles. The van der Waals surface area contributed by atoms with E-state index in [4.69, 9.17) is 28.1 Å². The fraction of sp³-hybridized carbons (Fsp3) is 0.381. The number of nitriles is 1. The Labute approximate surface area is 194 Å². The van der Waals surface area contributed by atoms with Gasteiger partial charge in [-0.1, -0.05) is 17.7 Å². The highest BCUT2D eigenvalue weighted by Crippen LogP contribution is 2.43. The molecule has 3 heterocycles. The summed E-state index contributed by atoms with van der Waals surface area (Å²) < 4.78 is 1.63. The van der Waals surface area contributed by atoms with Crippen molar-refractivity contribution in [2.24, 2.45) is 5.92 Å². The van der Waals surface area contributed by atoms with Gasteiger partial charge in [-0.15, -0.1) is 0 Å². The molecule has 33 heavy (non-hydrogen) atoms. The molecule has 0 amide bonds. The molecule has 1 aliphatic carbocycles. The third kappa shape index (κ3) is 3.88. The molecular weight excluding hydrogens is 444 g/mol. The Balaban J connectivity index is 1.70. The first-order chi connectivity index (χ1) is 16.0. The molecule has 1 aromatic carbocycles. The molecule has 0 bridgehead atoms. The summed E-state index contributed by atoms with van der Waals surface area (Å²) in [6, 6.07) is 6.89. The summed E-state index contributed by atoms with van der Waals surface area (Å²) in [5, 5.41) is 18.9. The number of nitrogens with two attached hydrogens (primary N) is 2. The van der Waals surface area contributed by atoms with Crippen molar-refractivity contribution in [3.05, 3.63) is 45.0 Å². The molecule has 6 N–H and O–H groups in total. The second-order valence-electron chi connectivity index (χ2n) is 8.19. The summed E-state index contributed by atoms with van der Waals surface area (Å²) in [6.45, 7) is 2.76. The van der Waals surface area contributed by atoms with Crippen LogP contribution in [-0.2, 0) is 0 Å². The van der Waals surface area contributed by atoms with Crippen LogP contribution in [-0.4, -0.2) is 45.8 Å².